The minimum Gasteiger partial charge on any atom is -0.354 e. The number of carbonyl (C=O) groups is 1. The first-order valence-corrected chi connectivity index (χ1v) is 11.4. The van der Waals surface area contributed by atoms with Crippen LogP contribution in [-0.4, -0.2) is 37.4 Å². The molecule has 0 saturated heterocycles. The molecule has 0 spiro atoms. The van der Waals surface area contributed by atoms with Crippen molar-refractivity contribution in [1.82, 2.24) is 30.2 Å². The van der Waals surface area contributed by atoms with Gasteiger partial charge in [0.15, 0.2) is 17.3 Å². The normalized spacial score (nSPS) is 15.1. The molecule has 0 bridgehead atoms. The number of pyridine rings is 2. The summed E-state index contributed by atoms with van der Waals surface area (Å²) in [5.74, 6) is -1.96. The molecule has 4 aromatic heterocycles. The topological polar surface area (TPSA) is 98.7 Å². The highest BCUT2D eigenvalue weighted by Crippen LogP contribution is 2.45. The van der Waals surface area contributed by atoms with Gasteiger partial charge in [0.05, 0.1) is 23.5 Å². The van der Waals surface area contributed by atoms with Gasteiger partial charge in [0.25, 0.3) is 5.91 Å². The summed E-state index contributed by atoms with van der Waals surface area (Å²) >= 11 is 6.20. The van der Waals surface area contributed by atoms with Gasteiger partial charge >= 0.3 is 0 Å². The van der Waals surface area contributed by atoms with Crippen molar-refractivity contribution in [2.75, 3.05) is 6.54 Å². The van der Waals surface area contributed by atoms with Gasteiger partial charge in [0, 0.05) is 42.9 Å². The van der Waals surface area contributed by atoms with E-state index in [0.29, 0.717) is 22.8 Å². The molecule has 1 N–H and O–H groups in total. The fourth-order valence-corrected chi connectivity index (χ4v) is 4.35. The van der Waals surface area contributed by atoms with Crippen LogP contribution in [0.3, 0.4) is 0 Å². The van der Waals surface area contributed by atoms with Crippen molar-refractivity contribution in [3.63, 3.8) is 0 Å². The van der Waals surface area contributed by atoms with Crippen molar-refractivity contribution >= 4 is 17.5 Å². The molecule has 4 heterocycles. The monoisotopic (exact) mass is 498 g/mol. The zero-order valence-electron chi connectivity index (χ0n) is 18.9. The zero-order valence-corrected chi connectivity index (χ0v) is 19.7. The molecule has 180 valence electrons. The first-order chi connectivity index (χ1) is 16.8. The molecule has 0 aromatic carbocycles. The quantitative estimate of drug-likeness (QED) is 0.379. The van der Waals surface area contributed by atoms with E-state index < -0.39 is 23.0 Å². The summed E-state index contributed by atoms with van der Waals surface area (Å²) in [7, 11) is 1.90. The molecule has 1 unspecified atom stereocenters. The maximum atomic E-state index is 14.1. The molecule has 5 rings (SSSR count). The third-order valence-electron chi connectivity index (χ3n) is 6.21. The maximum absolute atomic E-state index is 14.1. The van der Waals surface area contributed by atoms with Gasteiger partial charge < -0.3 is 9.84 Å². The van der Waals surface area contributed by atoms with Gasteiger partial charge in [-0.1, -0.05) is 22.8 Å². The average Bonchev–Trinajstić information content (AvgIpc) is 3.40. The Labute approximate surface area is 204 Å². The Bertz CT molecular complexity index is 1420. The Balaban J connectivity index is 1.43. The summed E-state index contributed by atoms with van der Waals surface area (Å²) in [6.07, 6.45) is 4.82. The number of nitrogens with zero attached hydrogens (tertiary/aromatic N) is 5. The minimum absolute atomic E-state index is 0.0690. The Hall–Kier alpha value is -3.66. The van der Waals surface area contributed by atoms with Gasteiger partial charge in [0.1, 0.15) is 16.7 Å². The van der Waals surface area contributed by atoms with E-state index in [-0.39, 0.29) is 23.7 Å². The molecule has 0 aliphatic heterocycles. The fourth-order valence-electron chi connectivity index (χ4n) is 4.19. The lowest BCUT2D eigenvalue weighted by molar-refractivity contribution is 0.0938. The highest BCUT2D eigenvalue weighted by molar-refractivity contribution is 6.29. The Kier molecular flexibility index (Phi) is 5.84. The molecule has 1 aliphatic carbocycles. The van der Waals surface area contributed by atoms with Crippen LogP contribution < -0.4 is 5.32 Å². The number of amides is 1. The standard InChI is InChI=1S/C24H21ClF2N6O2/c1-24(19-4-3-5-20(25)31-19,15-11-30-33(2)22(15)13-6-7-13)12-29-23(34)17-9-18(35-32-17)21-16(27)8-14(26)10-28-21/h3-5,8-11,13H,6-7,12H2,1-2H3,(H,29,34). The summed E-state index contributed by atoms with van der Waals surface area (Å²) in [6.45, 7) is 2.14. The molecule has 0 radical (unpaired) electrons. The Morgan fingerprint density at radius 3 is 2.80 bits per heavy atom. The van der Waals surface area contributed by atoms with E-state index in [1.54, 1.807) is 12.3 Å². The maximum Gasteiger partial charge on any atom is 0.273 e. The van der Waals surface area contributed by atoms with Crippen LogP contribution in [0.1, 0.15) is 53.1 Å². The summed E-state index contributed by atoms with van der Waals surface area (Å²) in [5, 5.41) is 11.4. The van der Waals surface area contributed by atoms with Gasteiger partial charge in [-0.15, -0.1) is 0 Å². The summed E-state index contributed by atoms with van der Waals surface area (Å²) < 4.78 is 34.2. The SMILES string of the molecule is Cn1ncc(C(C)(CNC(=O)c2cc(-c3ncc(F)cc3F)on2)c2cccc(Cl)n2)c1C1CC1. The lowest BCUT2D eigenvalue weighted by Crippen LogP contribution is -2.40. The van der Waals surface area contributed by atoms with Crippen LogP contribution in [0, 0.1) is 11.6 Å². The second kappa shape index (κ2) is 8.84. The molecular weight excluding hydrogens is 478 g/mol. The van der Waals surface area contributed by atoms with Crippen molar-refractivity contribution in [2.24, 2.45) is 7.05 Å². The van der Waals surface area contributed by atoms with Crippen molar-refractivity contribution in [3.05, 3.63) is 82.2 Å². The van der Waals surface area contributed by atoms with E-state index in [0.717, 1.165) is 30.3 Å². The van der Waals surface area contributed by atoms with Crippen LogP contribution in [0.5, 0.6) is 0 Å². The largest absolute Gasteiger partial charge is 0.354 e. The second-order valence-corrected chi connectivity index (χ2v) is 9.15. The molecule has 35 heavy (non-hydrogen) atoms. The minimum atomic E-state index is -0.920. The van der Waals surface area contributed by atoms with Crippen LogP contribution in [0.4, 0.5) is 8.78 Å². The smallest absolute Gasteiger partial charge is 0.273 e. The summed E-state index contributed by atoms with van der Waals surface area (Å²) in [6, 6.07) is 7.30. The van der Waals surface area contributed by atoms with Crippen LogP contribution in [-0.2, 0) is 12.5 Å². The number of nitrogens with one attached hydrogen (secondary N) is 1. The molecule has 1 saturated carbocycles. The molecule has 1 aliphatic rings. The van der Waals surface area contributed by atoms with Gasteiger partial charge in [-0.05, 0) is 31.9 Å². The van der Waals surface area contributed by atoms with Gasteiger partial charge in [-0.3, -0.25) is 9.48 Å². The third kappa shape index (κ3) is 4.41. The lowest BCUT2D eigenvalue weighted by atomic mass is 9.78. The average molecular weight is 499 g/mol. The Morgan fingerprint density at radius 1 is 1.29 bits per heavy atom. The zero-order chi connectivity index (χ0) is 24.7. The van der Waals surface area contributed by atoms with Crippen LogP contribution >= 0.6 is 11.6 Å². The fraction of sp³-hybridized carbons (Fsp3) is 0.292. The predicted octanol–water partition coefficient (Wildman–Crippen LogP) is 4.41. The molecule has 1 fully saturated rings. The van der Waals surface area contributed by atoms with Crippen LogP contribution in [0.2, 0.25) is 5.15 Å². The van der Waals surface area contributed by atoms with Crippen molar-refractivity contribution < 1.29 is 18.1 Å². The second-order valence-electron chi connectivity index (χ2n) is 8.76. The van der Waals surface area contributed by atoms with Crippen LogP contribution in [0.25, 0.3) is 11.5 Å². The number of aromatic nitrogens is 5. The van der Waals surface area contributed by atoms with E-state index in [9.17, 15) is 13.6 Å². The first kappa shape index (κ1) is 23.1. The van der Waals surface area contributed by atoms with E-state index in [1.165, 1.54) is 6.07 Å². The summed E-state index contributed by atoms with van der Waals surface area (Å²) in [5.41, 5.74) is 1.68. The van der Waals surface area contributed by atoms with E-state index in [1.807, 2.05) is 30.8 Å². The van der Waals surface area contributed by atoms with Gasteiger partial charge in [0.2, 0.25) is 0 Å². The van der Waals surface area contributed by atoms with Crippen LogP contribution in [0.15, 0.2) is 47.2 Å². The molecule has 1 atom stereocenters. The van der Waals surface area contributed by atoms with Crippen molar-refractivity contribution in [1.29, 1.82) is 0 Å². The number of halogens is 3. The highest BCUT2D eigenvalue weighted by atomic mass is 35.5. The van der Waals surface area contributed by atoms with E-state index in [4.69, 9.17) is 16.1 Å². The number of carbonyl (C=O) groups excluding carboxylic acids is 1. The summed E-state index contributed by atoms with van der Waals surface area (Å²) in [4.78, 5) is 21.2. The molecular formula is C24H21ClF2N6O2. The van der Waals surface area contributed by atoms with Gasteiger partial charge in [-0.2, -0.15) is 5.10 Å². The molecule has 8 nitrogen and oxygen atoms in total. The third-order valence-corrected chi connectivity index (χ3v) is 6.42. The lowest BCUT2D eigenvalue weighted by Gasteiger charge is -2.30. The van der Waals surface area contributed by atoms with E-state index >= 15 is 0 Å². The molecule has 4 aromatic rings. The van der Waals surface area contributed by atoms with Crippen molar-refractivity contribution in [2.45, 2.75) is 31.1 Å². The van der Waals surface area contributed by atoms with Gasteiger partial charge in [-0.25, -0.2) is 18.7 Å². The number of rotatable bonds is 7. The van der Waals surface area contributed by atoms with Crippen molar-refractivity contribution in [3.8, 4) is 11.5 Å². The van der Waals surface area contributed by atoms with E-state index in [2.05, 4.69) is 25.5 Å². The molecule has 11 heteroatoms. The number of hydrogen-bond donors (Lipinski definition) is 1. The number of hydrogen-bond acceptors (Lipinski definition) is 6. The molecule has 1 amide bonds. The predicted molar refractivity (Wildman–Crippen MR) is 123 cm³/mol. The number of aryl methyl sites for hydroxylation is 1. The Morgan fingerprint density at radius 2 is 2.09 bits per heavy atom. The highest BCUT2D eigenvalue weighted by Gasteiger charge is 2.40. The first-order valence-electron chi connectivity index (χ1n) is 11.0.